The number of nitrogens with zero attached hydrogens (tertiary/aromatic N) is 2. The van der Waals surface area contributed by atoms with E-state index in [-0.39, 0.29) is 17.6 Å². The highest BCUT2D eigenvalue weighted by Gasteiger charge is 2.29. The molecule has 1 aliphatic heterocycles. The lowest BCUT2D eigenvalue weighted by Gasteiger charge is -2.07. The maximum atomic E-state index is 13.2. The number of aryl methyl sites for hydroxylation is 2. The average molecular weight is 703 g/mol. The van der Waals surface area contributed by atoms with Gasteiger partial charge < -0.3 is 0 Å². The highest BCUT2D eigenvalue weighted by atomic mass is 32.2. The van der Waals surface area contributed by atoms with Crippen LogP contribution in [0.4, 0.5) is 20.2 Å². The van der Waals surface area contributed by atoms with E-state index in [4.69, 9.17) is 9.98 Å². The summed E-state index contributed by atoms with van der Waals surface area (Å²) < 4.78 is 26.1. The van der Waals surface area contributed by atoms with Gasteiger partial charge in [0.2, 0.25) is 0 Å². The minimum Gasteiger partial charge on any atom is -0.248 e. The van der Waals surface area contributed by atoms with Gasteiger partial charge in [-0.3, -0.25) is 0 Å². The first-order valence-electron chi connectivity index (χ1n) is 16.1. The molecule has 246 valence electrons. The van der Waals surface area contributed by atoms with E-state index in [0.29, 0.717) is 0 Å². The summed E-state index contributed by atoms with van der Waals surface area (Å²) in [5.41, 5.74) is 10.4. The molecule has 1 saturated heterocycles. The Kier molecular flexibility index (Phi) is 11.7. The Morgan fingerprint density at radius 1 is 0.653 bits per heavy atom. The van der Waals surface area contributed by atoms with Crippen LogP contribution in [0.3, 0.4) is 0 Å². The number of halogens is 2. The normalized spacial score (nSPS) is 18.6. The molecular weight excluding hydrogens is 667 g/mol. The molecule has 0 bridgehead atoms. The molecule has 1 heterocycles. The molecule has 1 fully saturated rings. The predicted molar refractivity (Wildman–Crippen MR) is 208 cm³/mol. The number of benzene rings is 5. The fraction of sp³-hybridized carbons (Fsp3) is 0.143. The van der Waals surface area contributed by atoms with E-state index in [2.05, 4.69) is 92.3 Å². The number of allylic oxidation sites excluding steroid dienone is 1. The second-order valence-corrected chi connectivity index (χ2v) is 14.8. The molecule has 49 heavy (non-hydrogen) atoms. The van der Waals surface area contributed by atoms with Crippen molar-refractivity contribution < 1.29 is 8.78 Å². The van der Waals surface area contributed by atoms with Gasteiger partial charge in [-0.05, 0) is 121 Å². The van der Waals surface area contributed by atoms with Crippen molar-refractivity contribution in [1.29, 1.82) is 0 Å². The Morgan fingerprint density at radius 3 is 1.78 bits per heavy atom. The summed E-state index contributed by atoms with van der Waals surface area (Å²) in [4.78, 5) is 11.8. The molecule has 7 rings (SSSR count). The second-order valence-electron chi connectivity index (χ2n) is 11.8. The van der Waals surface area contributed by atoms with E-state index < -0.39 is 0 Å². The van der Waals surface area contributed by atoms with Crippen LogP contribution < -0.4 is 0 Å². The van der Waals surface area contributed by atoms with Gasteiger partial charge >= 0.3 is 0 Å². The molecule has 1 aliphatic carbocycles. The van der Waals surface area contributed by atoms with E-state index >= 15 is 0 Å². The van der Waals surface area contributed by atoms with E-state index in [1.54, 1.807) is 59.6 Å². The second kappa shape index (κ2) is 16.5. The molecular formula is C42H36F2N2S3. The fourth-order valence-corrected chi connectivity index (χ4v) is 8.13. The summed E-state index contributed by atoms with van der Waals surface area (Å²) in [6.45, 7) is 6.37. The summed E-state index contributed by atoms with van der Waals surface area (Å²) in [7, 11) is 0. The zero-order valence-electron chi connectivity index (χ0n) is 27.6. The number of rotatable bonds is 6. The molecule has 5 aromatic rings. The van der Waals surface area contributed by atoms with Crippen LogP contribution in [0.25, 0.3) is 0 Å². The van der Waals surface area contributed by atoms with Gasteiger partial charge in [0.25, 0.3) is 0 Å². The fourth-order valence-electron chi connectivity index (χ4n) is 5.35. The van der Waals surface area contributed by atoms with Crippen molar-refractivity contribution in [2.24, 2.45) is 9.98 Å². The number of thioether (sulfide) groups is 3. The molecule has 1 atom stereocenters. The smallest absolute Gasteiger partial charge is 0.123 e. The Balaban J connectivity index is 0.000000174. The van der Waals surface area contributed by atoms with Crippen LogP contribution in [-0.4, -0.2) is 16.5 Å². The van der Waals surface area contributed by atoms with Gasteiger partial charge in [0, 0.05) is 27.0 Å². The van der Waals surface area contributed by atoms with Gasteiger partial charge in [0.15, 0.2) is 0 Å². The number of hydrogen-bond acceptors (Lipinski definition) is 5. The first-order chi connectivity index (χ1) is 23.8. The molecule has 1 unspecified atom stereocenters. The van der Waals surface area contributed by atoms with Crippen molar-refractivity contribution in [3.8, 4) is 0 Å². The third-order valence-electron chi connectivity index (χ3n) is 8.13. The van der Waals surface area contributed by atoms with Crippen molar-refractivity contribution in [2.75, 3.05) is 5.75 Å². The van der Waals surface area contributed by atoms with Gasteiger partial charge in [0.05, 0.1) is 17.1 Å². The van der Waals surface area contributed by atoms with Crippen LogP contribution >= 0.6 is 35.3 Å². The molecule has 2 aliphatic rings. The molecule has 0 spiro atoms. The molecule has 5 aromatic carbocycles. The van der Waals surface area contributed by atoms with Gasteiger partial charge in [0.1, 0.15) is 16.7 Å². The van der Waals surface area contributed by atoms with Crippen LogP contribution in [-0.2, 0) is 0 Å². The van der Waals surface area contributed by atoms with Crippen LogP contribution in [0.2, 0.25) is 0 Å². The quantitative estimate of drug-likeness (QED) is 0.165. The summed E-state index contributed by atoms with van der Waals surface area (Å²) in [5.74, 6) is 0.934. The van der Waals surface area contributed by atoms with Crippen LogP contribution in [0.1, 0.15) is 41.5 Å². The highest BCUT2D eigenvalue weighted by Crippen LogP contribution is 2.41. The molecule has 7 heteroatoms. The van der Waals surface area contributed by atoms with Gasteiger partial charge in [-0.15, -0.1) is 11.8 Å². The Hall–Kier alpha value is -4.17. The van der Waals surface area contributed by atoms with Crippen molar-refractivity contribution in [3.63, 3.8) is 0 Å². The Morgan fingerprint density at radius 2 is 1.18 bits per heavy atom. The highest BCUT2D eigenvalue weighted by molar-refractivity contribution is 8.15. The maximum Gasteiger partial charge on any atom is 0.123 e. The summed E-state index contributed by atoms with van der Waals surface area (Å²) in [6.07, 6.45) is 1.03. The first-order valence-corrected chi connectivity index (χ1v) is 18.8. The molecule has 0 saturated carbocycles. The van der Waals surface area contributed by atoms with Crippen molar-refractivity contribution in [2.45, 2.75) is 42.9 Å². The van der Waals surface area contributed by atoms with Crippen molar-refractivity contribution in [1.82, 2.24) is 0 Å². The number of aliphatic imine (C=N–C) groups is 2. The minimum absolute atomic E-state index is 0.199. The third kappa shape index (κ3) is 9.30. The summed E-state index contributed by atoms with van der Waals surface area (Å²) in [5, 5.41) is 5.39. The third-order valence-corrected chi connectivity index (χ3v) is 11.0. The lowest BCUT2D eigenvalue weighted by Crippen LogP contribution is -1.99. The summed E-state index contributed by atoms with van der Waals surface area (Å²) >= 11 is 5.02. The zero-order valence-corrected chi connectivity index (χ0v) is 30.0. The van der Waals surface area contributed by atoms with Gasteiger partial charge in [-0.1, -0.05) is 90.1 Å². The van der Waals surface area contributed by atoms with Gasteiger partial charge in [-0.25, -0.2) is 18.8 Å². The molecule has 0 N–H and O–H groups in total. The molecule has 0 amide bonds. The first kappa shape index (κ1) is 34.7. The Labute approximate surface area is 300 Å². The lowest BCUT2D eigenvalue weighted by molar-refractivity contribution is 0.626. The number of fused-ring (bicyclic) bond motifs is 1. The van der Waals surface area contributed by atoms with E-state index in [9.17, 15) is 8.78 Å². The van der Waals surface area contributed by atoms with E-state index in [0.717, 1.165) is 44.1 Å². The number of hydrogen-bond donors (Lipinski definition) is 0. The summed E-state index contributed by atoms with van der Waals surface area (Å²) in [6, 6.07) is 38.2. The van der Waals surface area contributed by atoms with Crippen LogP contribution in [0.5, 0.6) is 0 Å². The SMILES string of the molecule is Cc1ccc(N=C2C(=CSc3ccc(F)cc3)C(C)c3ccccc32)cc1.Cc1ccc(N=C2SCC/C2=C\Sc2ccc(F)cc2)cc1. The average Bonchev–Trinajstić information content (AvgIpc) is 3.67. The van der Waals surface area contributed by atoms with Crippen molar-refractivity contribution >= 4 is 57.4 Å². The molecule has 0 radical (unpaired) electrons. The van der Waals surface area contributed by atoms with Crippen molar-refractivity contribution in [3.05, 3.63) is 177 Å². The zero-order chi connectivity index (χ0) is 34.2. The monoisotopic (exact) mass is 702 g/mol. The van der Waals surface area contributed by atoms with Gasteiger partial charge in [-0.2, -0.15) is 0 Å². The molecule has 0 aromatic heterocycles. The van der Waals surface area contributed by atoms with E-state index in [1.807, 2.05) is 12.1 Å². The predicted octanol–water partition coefficient (Wildman–Crippen LogP) is 13.0. The van der Waals surface area contributed by atoms with Crippen LogP contribution in [0.15, 0.2) is 163 Å². The molecule has 2 nitrogen and oxygen atoms in total. The largest absolute Gasteiger partial charge is 0.248 e. The van der Waals surface area contributed by atoms with E-state index in [1.165, 1.54) is 57.7 Å². The lowest BCUT2D eigenvalue weighted by atomic mass is 10.0. The Bertz CT molecular complexity index is 2010. The topological polar surface area (TPSA) is 24.7 Å². The minimum atomic E-state index is -0.213. The van der Waals surface area contributed by atoms with Crippen LogP contribution in [0, 0.1) is 25.5 Å². The maximum absolute atomic E-state index is 13.2. The standard InChI is InChI=1S/C24H20FNS.C18H16FNS2/c1-16-7-11-19(12-8-16)26-24-22-6-4-3-5-21(22)17(2)23(24)15-27-20-13-9-18(25)10-14-20;1-13-2-6-16(7-3-13)20-18-14(10-11-21-18)12-22-17-8-4-15(19)5-9-17/h3-15,17H,1-2H3;2-9,12H,10-11H2,1H3/b;14-12+,20-18?.